The summed E-state index contributed by atoms with van der Waals surface area (Å²) in [5, 5.41) is 0. The Balaban J connectivity index is 1.60. The molecule has 0 unspecified atom stereocenters. The van der Waals surface area contributed by atoms with Crippen LogP contribution in [0.4, 0.5) is 11.4 Å². The molecule has 0 atom stereocenters. The second-order valence-electron chi connectivity index (χ2n) is 6.04. The van der Waals surface area contributed by atoms with Crippen LogP contribution in [0.25, 0.3) is 0 Å². The van der Waals surface area contributed by atoms with Crippen molar-refractivity contribution >= 4 is 23.0 Å². The van der Waals surface area contributed by atoms with Gasteiger partial charge >= 0.3 is 0 Å². The van der Waals surface area contributed by atoms with Crippen LogP contribution < -0.4 is 10.6 Å². The van der Waals surface area contributed by atoms with Crippen LogP contribution in [0.2, 0.25) is 0 Å². The van der Waals surface area contributed by atoms with Gasteiger partial charge in [0.25, 0.3) is 0 Å². The highest BCUT2D eigenvalue weighted by molar-refractivity contribution is 6.22. The molecular formula is C19H20N4. The fourth-order valence-corrected chi connectivity index (χ4v) is 3.23. The monoisotopic (exact) mass is 304 g/mol. The molecule has 0 spiro atoms. The lowest BCUT2D eigenvalue weighted by atomic mass is 10.1. The van der Waals surface area contributed by atoms with Gasteiger partial charge in [-0.15, -0.1) is 0 Å². The van der Waals surface area contributed by atoms with Crippen molar-refractivity contribution in [3.8, 4) is 0 Å². The first kappa shape index (κ1) is 14.0. The van der Waals surface area contributed by atoms with E-state index in [1.807, 2.05) is 24.3 Å². The molecule has 1 fully saturated rings. The van der Waals surface area contributed by atoms with Crippen LogP contribution in [-0.2, 0) is 0 Å². The van der Waals surface area contributed by atoms with E-state index in [1.54, 1.807) is 0 Å². The first-order valence-corrected chi connectivity index (χ1v) is 8.19. The van der Waals surface area contributed by atoms with Crippen LogP contribution >= 0.6 is 0 Å². The molecule has 116 valence electrons. The number of hydrogen-bond acceptors (Lipinski definition) is 3. The van der Waals surface area contributed by atoms with Gasteiger partial charge in [-0.05, 0) is 43.5 Å². The van der Waals surface area contributed by atoms with Crippen LogP contribution in [0, 0.1) is 0 Å². The van der Waals surface area contributed by atoms with E-state index in [1.165, 1.54) is 24.9 Å². The van der Waals surface area contributed by atoms with Gasteiger partial charge in [0, 0.05) is 29.9 Å². The SMILES string of the molecule is NC1=NC(=Nc2ccc(N3CCCCC3)cc2)c2ccccc21. The highest BCUT2D eigenvalue weighted by Crippen LogP contribution is 2.25. The third-order valence-electron chi connectivity index (χ3n) is 4.48. The maximum atomic E-state index is 5.97. The van der Waals surface area contributed by atoms with Crippen molar-refractivity contribution in [3.63, 3.8) is 0 Å². The lowest BCUT2D eigenvalue weighted by Gasteiger charge is -2.28. The van der Waals surface area contributed by atoms with Crippen LogP contribution in [0.1, 0.15) is 30.4 Å². The number of fused-ring (bicyclic) bond motifs is 1. The zero-order valence-corrected chi connectivity index (χ0v) is 13.1. The molecule has 0 saturated carbocycles. The number of nitrogens with zero attached hydrogens (tertiary/aromatic N) is 3. The third kappa shape index (κ3) is 2.72. The molecule has 1 saturated heterocycles. The summed E-state index contributed by atoms with van der Waals surface area (Å²) in [6, 6.07) is 16.4. The zero-order chi connectivity index (χ0) is 15.6. The van der Waals surface area contributed by atoms with E-state index in [2.05, 4.69) is 39.2 Å². The van der Waals surface area contributed by atoms with Gasteiger partial charge in [0.1, 0.15) is 5.84 Å². The van der Waals surface area contributed by atoms with Crippen LogP contribution in [-0.4, -0.2) is 24.8 Å². The minimum atomic E-state index is 0.546. The molecule has 23 heavy (non-hydrogen) atoms. The van der Waals surface area contributed by atoms with Crippen molar-refractivity contribution in [2.45, 2.75) is 19.3 Å². The van der Waals surface area contributed by atoms with Crippen molar-refractivity contribution in [1.29, 1.82) is 0 Å². The average molecular weight is 304 g/mol. The predicted molar refractivity (Wildman–Crippen MR) is 95.9 cm³/mol. The van der Waals surface area contributed by atoms with Gasteiger partial charge in [0.05, 0.1) is 5.69 Å². The summed E-state index contributed by atoms with van der Waals surface area (Å²) in [5.41, 5.74) is 10.1. The van der Waals surface area contributed by atoms with Crippen molar-refractivity contribution in [1.82, 2.24) is 0 Å². The predicted octanol–water partition coefficient (Wildman–Crippen LogP) is 3.47. The zero-order valence-electron chi connectivity index (χ0n) is 13.1. The quantitative estimate of drug-likeness (QED) is 0.923. The molecule has 4 rings (SSSR count). The Labute approximate surface area is 136 Å². The molecule has 0 aromatic heterocycles. The van der Waals surface area contributed by atoms with Gasteiger partial charge in [-0.2, -0.15) is 0 Å². The molecule has 2 aliphatic rings. The number of nitrogens with two attached hydrogens (primary N) is 1. The summed E-state index contributed by atoms with van der Waals surface area (Å²) in [6.45, 7) is 2.31. The first-order valence-electron chi connectivity index (χ1n) is 8.19. The lowest BCUT2D eigenvalue weighted by molar-refractivity contribution is 0.578. The summed E-state index contributed by atoms with van der Waals surface area (Å²) >= 11 is 0. The molecule has 4 nitrogen and oxygen atoms in total. The second-order valence-corrected chi connectivity index (χ2v) is 6.04. The standard InChI is InChI=1S/C19H20N4/c20-18-16-6-2-3-7-17(16)19(22-18)21-14-8-10-15(11-9-14)23-12-4-1-5-13-23/h2-3,6-11H,1,4-5,12-13H2,(H2,20,21,22). The molecule has 0 radical (unpaired) electrons. The van der Waals surface area contributed by atoms with Gasteiger partial charge < -0.3 is 10.6 Å². The number of amidine groups is 2. The second kappa shape index (κ2) is 5.88. The Bertz CT molecular complexity index is 768. The lowest BCUT2D eigenvalue weighted by Crippen LogP contribution is -2.29. The molecule has 0 amide bonds. The van der Waals surface area contributed by atoms with E-state index in [9.17, 15) is 0 Å². The number of hydrogen-bond donors (Lipinski definition) is 1. The summed E-state index contributed by atoms with van der Waals surface area (Å²) in [7, 11) is 0. The molecular weight excluding hydrogens is 284 g/mol. The average Bonchev–Trinajstić information content (AvgIpc) is 2.93. The van der Waals surface area contributed by atoms with Crippen molar-refractivity contribution in [2.24, 2.45) is 15.7 Å². The number of aliphatic imine (C=N–C) groups is 2. The number of rotatable bonds is 2. The maximum Gasteiger partial charge on any atom is 0.162 e. The molecule has 0 aliphatic carbocycles. The highest BCUT2D eigenvalue weighted by Gasteiger charge is 2.18. The largest absolute Gasteiger partial charge is 0.383 e. The van der Waals surface area contributed by atoms with E-state index >= 15 is 0 Å². The van der Waals surface area contributed by atoms with Crippen molar-refractivity contribution < 1.29 is 0 Å². The summed E-state index contributed by atoms with van der Waals surface area (Å²) in [4.78, 5) is 11.5. The van der Waals surface area contributed by atoms with E-state index in [-0.39, 0.29) is 0 Å². The van der Waals surface area contributed by atoms with Gasteiger partial charge in [-0.25, -0.2) is 9.98 Å². The van der Waals surface area contributed by atoms with Crippen LogP contribution in [0.3, 0.4) is 0 Å². The molecule has 2 aromatic carbocycles. The third-order valence-corrected chi connectivity index (χ3v) is 4.48. The van der Waals surface area contributed by atoms with Crippen LogP contribution in [0.5, 0.6) is 0 Å². The Kier molecular flexibility index (Phi) is 3.58. The minimum Gasteiger partial charge on any atom is -0.383 e. The number of anilines is 1. The van der Waals surface area contributed by atoms with Gasteiger partial charge in [0.15, 0.2) is 5.84 Å². The number of benzene rings is 2. The molecule has 4 heteroatoms. The Morgan fingerprint density at radius 2 is 1.57 bits per heavy atom. The van der Waals surface area contributed by atoms with E-state index in [0.717, 1.165) is 29.9 Å². The van der Waals surface area contributed by atoms with Crippen molar-refractivity contribution in [3.05, 3.63) is 59.7 Å². The van der Waals surface area contributed by atoms with E-state index in [0.29, 0.717) is 11.7 Å². The summed E-state index contributed by atoms with van der Waals surface area (Å²) in [5.74, 6) is 1.24. The first-order chi connectivity index (χ1) is 11.3. The Morgan fingerprint density at radius 3 is 2.30 bits per heavy atom. The molecule has 0 bridgehead atoms. The van der Waals surface area contributed by atoms with E-state index in [4.69, 9.17) is 5.73 Å². The Morgan fingerprint density at radius 1 is 0.870 bits per heavy atom. The molecule has 2 heterocycles. The fraction of sp³-hybridized carbons (Fsp3) is 0.263. The highest BCUT2D eigenvalue weighted by atomic mass is 15.1. The van der Waals surface area contributed by atoms with E-state index < -0.39 is 0 Å². The fourth-order valence-electron chi connectivity index (χ4n) is 3.23. The van der Waals surface area contributed by atoms with Gasteiger partial charge in [0.2, 0.25) is 0 Å². The summed E-state index contributed by atoms with van der Waals surface area (Å²) < 4.78 is 0. The molecule has 2 N–H and O–H groups in total. The minimum absolute atomic E-state index is 0.546. The Hall–Kier alpha value is -2.62. The molecule has 2 aliphatic heterocycles. The molecule has 2 aromatic rings. The smallest absolute Gasteiger partial charge is 0.162 e. The normalized spacial score (nSPS) is 18.9. The topological polar surface area (TPSA) is 54.0 Å². The number of piperidine rings is 1. The van der Waals surface area contributed by atoms with Gasteiger partial charge in [-0.1, -0.05) is 24.3 Å². The van der Waals surface area contributed by atoms with Crippen molar-refractivity contribution in [2.75, 3.05) is 18.0 Å². The van der Waals surface area contributed by atoms with Crippen LogP contribution in [0.15, 0.2) is 58.5 Å². The maximum absolute atomic E-state index is 5.97. The summed E-state index contributed by atoms with van der Waals surface area (Å²) in [6.07, 6.45) is 3.92. The van der Waals surface area contributed by atoms with Gasteiger partial charge in [-0.3, -0.25) is 0 Å².